The van der Waals surface area contributed by atoms with Crippen LogP contribution in [0.3, 0.4) is 0 Å². The monoisotopic (exact) mass is 453 g/mol. The van der Waals surface area contributed by atoms with Crippen molar-refractivity contribution in [2.75, 3.05) is 0 Å². The summed E-state index contributed by atoms with van der Waals surface area (Å²) in [5.74, 6) is 0.629. The summed E-state index contributed by atoms with van der Waals surface area (Å²) < 4.78 is 0. The predicted octanol–water partition coefficient (Wildman–Crippen LogP) is 3.60. The molecule has 1 aromatic rings. The zero-order chi connectivity index (χ0) is 11.8. The summed E-state index contributed by atoms with van der Waals surface area (Å²) in [7, 11) is 0. The van der Waals surface area contributed by atoms with E-state index in [4.69, 9.17) is 5.11 Å². The van der Waals surface area contributed by atoms with Gasteiger partial charge in [-0.15, -0.1) is 0 Å². The van der Waals surface area contributed by atoms with Crippen LogP contribution in [0, 0.1) is 43.7 Å². The van der Waals surface area contributed by atoms with Crippen molar-refractivity contribution in [2.45, 2.75) is 26.2 Å². The average molecular weight is 453 g/mol. The van der Waals surface area contributed by atoms with E-state index in [1.54, 1.807) is 18.2 Å². The molecule has 0 radical (unpaired) electrons. The molecule has 0 fully saturated rings. The van der Waals surface area contributed by atoms with E-state index >= 15 is 0 Å². The van der Waals surface area contributed by atoms with E-state index in [1.807, 2.05) is 38.5 Å². The van der Waals surface area contributed by atoms with Gasteiger partial charge in [-0.2, -0.15) is 32.0 Å². The number of allylic oxidation sites excluding steroid dienone is 3. The summed E-state index contributed by atoms with van der Waals surface area (Å²) in [6.07, 6.45) is 11.1. The molecule has 0 saturated carbocycles. The van der Waals surface area contributed by atoms with Crippen LogP contribution >= 0.6 is 0 Å². The molecular formula is C14H17NOU. The first kappa shape index (κ1) is 16.5. The van der Waals surface area contributed by atoms with Crippen LogP contribution in [0.25, 0.3) is 0 Å². The second-order valence-corrected chi connectivity index (χ2v) is 3.60. The molecule has 1 aromatic heterocycles. The standard InChI is InChI=1S/C11H10NO.C3H7.U/c13-10-6-4-9(5-7-10)11-3-1-2-8-12-11;1-3-2;/h1-4,6-7,9,13H,5H2;3H,1-2H3;/q2*-1;+2. The second-order valence-electron chi connectivity index (χ2n) is 3.60. The number of aliphatic hydroxyl groups is 1. The molecule has 1 heterocycles. The minimum Gasteiger partial charge on any atom is -0.508 e. The molecule has 88 valence electrons. The van der Waals surface area contributed by atoms with E-state index in [0.29, 0.717) is 5.76 Å². The third-order valence-electron chi connectivity index (χ3n) is 2.09. The van der Waals surface area contributed by atoms with E-state index in [2.05, 4.69) is 11.2 Å². The van der Waals surface area contributed by atoms with Gasteiger partial charge in [0.15, 0.2) is 0 Å². The van der Waals surface area contributed by atoms with Gasteiger partial charge in [-0.3, -0.25) is 0 Å². The number of hydrogen-bond donors (Lipinski definition) is 1. The van der Waals surface area contributed by atoms with Gasteiger partial charge in [-0.1, -0.05) is 18.0 Å². The molecule has 3 heteroatoms. The van der Waals surface area contributed by atoms with Gasteiger partial charge >= 0.3 is 31.1 Å². The number of aliphatic hydroxyl groups excluding tert-OH is 1. The number of nitrogens with zero attached hydrogens (tertiary/aromatic N) is 1. The van der Waals surface area contributed by atoms with Gasteiger partial charge < -0.3 is 16.5 Å². The molecule has 1 aliphatic carbocycles. The molecule has 0 aromatic carbocycles. The first-order valence-corrected chi connectivity index (χ1v) is 5.42. The van der Waals surface area contributed by atoms with Crippen molar-refractivity contribution >= 4 is 0 Å². The first-order chi connectivity index (χ1) is 7.77. The van der Waals surface area contributed by atoms with E-state index in [1.165, 1.54) is 0 Å². The van der Waals surface area contributed by atoms with Gasteiger partial charge in [-0.25, -0.2) is 0 Å². The minimum absolute atomic E-state index is 0. The van der Waals surface area contributed by atoms with Crippen LogP contribution in [0.1, 0.15) is 31.9 Å². The predicted molar refractivity (Wildman–Crippen MR) is 65.9 cm³/mol. The van der Waals surface area contributed by atoms with E-state index in [-0.39, 0.29) is 37.0 Å². The smallest absolute Gasteiger partial charge is 0.508 e. The molecular weight excluding hydrogens is 436 g/mol. The third kappa shape index (κ3) is 6.10. The average Bonchev–Trinajstić information content (AvgIpc) is 2.32. The zero-order valence-corrected chi connectivity index (χ0v) is 14.4. The molecule has 1 atom stereocenters. The molecule has 1 unspecified atom stereocenters. The fourth-order valence-corrected chi connectivity index (χ4v) is 1.37. The maximum Gasteiger partial charge on any atom is 2.00 e. The SMILES string of the molecule is C[CH-]C.OC1=CCC(c2ccc[c-]n2)C=C1.[U+2]. The summed E-state index contributed by atoms with van der Waals surface area (Å²) in [6, 6.07) is 5.68. The molecule has 0 amide bonds. The Hall–Kier alpha value is -0.518. The third-order valence-corrected chi connectivity index (χ3v) is 2.09. The van der Waals surface area contributed by atoms with Gasteiger partial charge in [0.1, 0.15) is 5.76 Å². The fraction of sp³-hybridized carbons (Fsp3) is 0.286. The summed E-state index contributed by atoms with van der Waals surface area (Å²) in [5, 5.41) is 9.12. The van der Waals surface area contributed by atoms with Gasteiger partial charge in [0.05, 0.1) is 0 Å². The van der Waals surface area contributed by atoms with Crippen LogP contribution in [-0.4, -0.2) is 10.1 Å². The number of pyridine rings is 1. The largest absolute Gasteiger partial charge is 2.00 e. The van der Waals surface area contributed by atoms with Crippen molar-refractivity contribution < 1.29 is 36.2 Å². The number of rotatable bonds is 1. The molecule has 0 aliphatic heterocycles. The van der Waals surface area contributed by atoms with E-state index < -0.39 is 0 Å². The van der Waals surface area contributed by atoms with Crippen LogP contribution in [-0.2, 0) is 0 Å². The van der Waals surface area contributed by atoms with Crippen LogP contribution in [0.15, 0.2) is 42.2 Å². The summed E-state index contributed by atoms with van der Waals surface area (Å²) in [5.41, 5.74) is 1.00. The quantitative estimate of drug-likeness (QED) is 0.660. The first-order valence-electron chi connectivity index (χ1n) is 5.42. The van der Waals surface area contributed by atoms with Crippen molar-refractivity contribution in [1.29, 1.82) is 0 Å². The Balaban J connectivity index is 0.000000583. The minimum atomic E-state index is 0. The summed E-state index contributed by atoms with van der Waals surface area (Å²) >= 11 is 0. The van der Waals surface area contributed by atoms with Crippen LogP contribution < -0.4 is 0 Å². The molecule has 0 bridgehead atoms. The maximum atomic E-state index is 9.12. The van der Waals surface area contributed by atoms with Gasteiger partial charge in [0.25, 0.3) is 0 Å². The van der Waals surface area contributed by atoms with Gasteiger partial charge in [0, 0.05) is 0 Å². The van der Waals surface area contributed by atoms with Crippen molar-refractivity contribution in [1.82, 2.24) is 4.98 Å². The zero-order valence-electron chi connectivity index (χ0n) is 10.2. The topological polar surface area (TPSA) is 33.1 Å². The van der Waals surface area contributed by atoms with E-state index in [0.717, 1.165) is 12.1 Å². The second kappa shape index (κ2) is 9.51. The molecule has 0 saturated heterocycles. The Labute approximate surface area is 127 Å². The van der Waals surface area contributed by atoms with Gasteiger partial charge in [0.2, 0.25) is 0 Å². The van der Waals surface area contributed by atoms with Crippen LogP contribution in [0.5, 0.6) is 0 Å². The molecule has 1 aliphatic rings. The Kier molecular flexibility index (Phi) is 9.22. The number of hydrogen-bond acceptors (Lipinski definition) is 2. The summed E-state index contributed by atoms with van der Waals surface area (Å²) in [6.45, 7) is 4.00. The Morgan fingerprint density at radius 3 is 2.65 bits per heavy atom. The molecule has 17 heavy (non-hydrogen) atoms. The molecule has 2 nitrogen and oxygen atoms in total. The number of aromatic nitrogens is 1. The molecule has 2 rings (SSSR count). The normalized spacial score (nSPS) is 17.3. The Morgan fingerprint density at radius 1 is 1.47 bits per heavy atom. The fourth-order valence-electron chi connectivity index (χ4n) is 1.37. The van der Waals surface area contributed by atoms with Crippen molar-refractivity contribution in [3.8, 4) is 0 Å². The van der Waals surface area contributed by atoms with Crippen molar-refractivity contribution in [3.63, 3.8) is 0 Å². The van der Waals surface area contributed by atoms with E-state index in [9.17, 15) is 0 Å². The maximum absolute atomic E-state index is 9.12. The van der Waals surface area contributed by atoms with Gasteiger partial charge in [-0.05, 0) is 24.5 Å². The van der Waals surface area contributed by atoms with Crippen LogP contribution in [0.4, 0.5) is 0 Å². The Morgan fingerprint density at radius 2 is 2.18 bits per heavy atom. The Bertz CT molecular complexity index is 360. The van der Waals surface area contributed by atoms with Crippen LogP contribution in [0.2, 0.25) is 0 Å². The van der Waals surface area contributed by atoms with Crippen molar-refractivity contribution in [3.05, 3.63) is 60.5 Å². The molecule has 0 spiro atoms. The summed E-state index contributed by atoms with van der Waals surface area (Å²) in [4.78, 5) is 4.14. The van der Waals surface area contributed by atoms with Crippen molar-refractivity contribution in [2.24, 2.45) is 0 Å². The molecule has 1 N–H and O–H groups in total.